The van der Waals surface area contributed by atoms with Crippen molar-refractivity contribution in [3.8, 4) is 5.69 Å². The van der Waals surface area contributed by atoms with E-state index in [1.807, 2.05) is 31.6 Å². The highest BCUT2D eigenvalue weighted by Crippen LogP contribution is 2.42. The fourth-order valence-corrected chi connectivity index (χ4v) is 4.74. The van der Waals surface area contributed by atoms with Crippen molar-refractivity contribution in [2.75, 3.05) is 11.4 Å². The molecule has 6 nitrogen and oxygen atoms in total. The molecule has 0 spiro atoms. The molecule has 2 atom stereocenters. The quantitative estimate of drug-likeness (QED) is 0.622. The van der Waals surface area contributed by atoms with Crippen LogP contribution in [0.2, 0.25) is 0 Å². The van der Waals surface area contributed by atoms with E-state index in [2.05, 4.69) is 33.5 Å². The Balaban J connectivity index is 1.38. The number of alkyl carbamates (subject to hydrolysis) is 1. The normalized spacial score (nSPS) is 21.2. The Morgan fingerprint density at radius 2 is 1.81 bits per heavy atom. The van der Waals surface area contributed by atoms with Crippen molar-refractivity contribution in [3.63, 3.8) is 0 Å². The number of ether oxygens (including phenoxy) is 1. The van der Waals surface area contributed by atoms with Gasteiger partial charge < -0.3 is 15.0 Å². The number of hydrogen-bond acceptors (Lipinski definition) is 4. The molecule has 1 saturated carbocycles. The highest BCUT2D eigenvalue weighted by atomic mass is 19.1. The molecular formula is C25H29FN4O2. The van der Waals surface area contributed by atoms with E-state index in [1.54, 1.807) is 12.1 Å². The molecule has 1 aromatic heterocycles. The molecule has 168 valence electrons. The predicted octanol–water partition coefficient (Wildman–Crippen LogP) is 5.05. The van der Waals surface area contributed by atoms with Crippen molar-refractivity contribution in [3.05, 3.63) is 54.5 Å². The molecule has 0 radical (unpaired) electrons. The van der Waals surface area contributed by atoms with Crippen LogP contribution in [0.25, 0.3) is 16.6 Å². The summed E-state index contributed by atoms with van der Waals surface area (Å²) in [6, 6.07) is 13.0. The molecule has 7 heteroatoms. The van der Waals surface area contributed by atoms with Gasteiger partial charge >= 0.3 is 6.09 Å². The van der Waals surface area contributed by atoms with E-state index >= 15 is 0 Å². The molecule has 2 aliphatic rings. The number of anilines is 1. The minimum atomic E-state index is -0.507. The van der Waals surface area contributed by atoms with Crippen molar-refractivity contribution in [1.29, 1.82) is 0 Å². The van der Waals surface area contributed by atoms with E-state index in [9.17, 15) is 9.18 Å². The zero-order valence-corrected chi connectivity index (χ0v) is 18.7. The van der Waals surface area contributed by atoms with Crippen molar-refractivity contribution in [2.24, 2.45) is 5.92 Å². The van der Waals surface area contributed by atoms with Crippen molar-refractivity contribution in [2.45, 2.75) is 57.7 Å². The maximum atomic E-state index is 13.3. The molecule has 2 aromatic carbocycles. The first kappa shape index (κ1) is 20.8. The van der Waals surface area contributed by atoms with E-state index in [1.165, 1.54) is 25.0 Å². The van der Waals surface area contributed by atoms with Gasteiger partial charge in [0.05, 0.1) is 29.5 Å². The molecule has 1 N–H and O–H groups in total. The zero-order valence-electron chi connectivity index (χ0n) is 18.7. The number of fused-ring (bicyclic) bond motifs is 1. The molecule has 1 aliphatic carbocycles. The van der Waals surface area contributed by atoms with Crippen LogP contribution in [0, 0.1) is 11.7 Å². The Morgan fingerprint density at radius 3 is 2.50 bits per heavy atom. The lowest BCUT2D eigenvalue weighted by Gasteiger charge is -2.31. The van der Waals surface area contributed by atoms with Crippen LogP contribution in [0.15, 0.2) is 48.7 Å². The van der Waals surface area contributed by atoms with Crippen molar-refractivity contribution in [1.82, 2.24) is 15.1 Å². The summed E-state index contributed by atoms with van der Waals surface area (Å²) in [6.07, 6.45) is 4.79. The summed E-state index contributed by atoms with van der Waals surface area (Å²) in [4.78, 5) is 14.8. The molecule has 1 saturated heterocycles. The topological polar surface area (TPSA) is 59.4 Å². The van der Waals surface area contributed by atoms with Gasteiger partial charge in [0, 0.05) is 17.6 Å². The van der Waals surface area contributed by atoms with Crippen LogP contribution in [0.1, 0.15) is 40.0 Å². The van der Waals surface area contributed by atoms with Gasteiger partial charge in [0.15, 0.2) is 0 Å². The lowest BCUT2D eigenvalue weighted by molar-refractivity contribution is 0.0500. The average molecular weight is 437 g/mol. The van der Waals surface area contributed by atoms with E-state index in [0.29, 0.717) is 5.92 Å². The Bertz CT molecular complexity index is 1130. The summed E-state index contributed by atoms with van der Waals surface area (Å²) in [7, 11) is 0. The Morgan fingerprint density at radius 1 is 1.09 bits per heavy atom. The van der Waals surface area contributed by atoms with Gasteiger partial charge in [0.2, 0.25) is 0 Å². The number of carbonyl (C=O) groups excluding carboxylic acids is 1. The van der Waals surface area contributed by atoms with E-state index in [4.69, 9.17) is 4.74 Å². The van der Waals surface area contributed by atoms with Crippen LogP contribution in [0.4, 0.5) is 14.9 Å². The van der Waals surface area contributed by atoms with E-state index in [-0.39, 0.29) is 24.0 Å². The third-order valence-corrected chi connectivity index (χ3v) is 6.21. The number of halogens is 1. The van der Waals surface area contributed by atoms with Gasteiger partial charge in [-0.1, -0.05) is 0 Å². The predicted molar refractivity (Wildman–Crippen MR) is 123 cm³/mol. The molecule has 0 bridgehead atoms. The lowest BCUT2D eigenvalue weighted by atomic mass is 10.0. The number of nitrogens with one attached hydrogen (secondary N) is 1. The van der Waals surface area contributed by atoms with Gasteiger partial charge in [-0.2, -0.15) is 5.10 Å². The molecule has 2 fully saturated rings. The highest BCUT2D eigenvalue weighted by Gasteiger charge is 2.45. The number of benzene rings is 2. The van der Waals surface area contributed by atoms with Crippen LogP contribution in [0.3, 0.4) is 0 Å². The minimum Gasteiger partial charge on any atom is -0.444 e. The summed E-state index contributed by atoms with van der Waals surface area (Å²) in [6.45, 7) is 6.53. The second-order valence-electron chi connectivity index (χ2n) is 9.84. The molecule has 1 aliphatic heterocycles. The molecular weight excluding hydrogens is 407 g/mol. The summed E-state index contributed by atoms with van der Waals surface area (Å²) in [5.74, 6) is 0.331. The van der Waals surface area contributed by atoms with Gasteiger partial charge in [-0.05, 0) is 88.4 Å². The van der Waals surface area contributed by atoms with E-state index < -0.39 is 5.60 Å². The number of carbonyl (C=O) groups is 1. The van der Waals surface area contributed by atoms with E-state index in [0.717, 1.165) is 35.2 Å². The largest absolute Gasteiger partial charge is 0.444 e. The minimum absolute atomic E-state index is 0.0787. The number of amides is 1. The second kappa shape index (κ2) is 7.80. The number of hydrogen-bond donors (Lipinski definition) is 1. The van der Waals surface area contributed by atoms with Gasteiger partial charge in [0.1, 0.15) is 11.4 Å². The Labute approximate surface area is 187 Å². The van der Waals surface area contributed by atoms with Crippen LogP contribution in [0.5, 0.6) is 0 Å². The standard InChI is InChI=1S/C25H29FN4O2/c1-25(2,3)32-24(31)28-21-12-13-29(23(21)16-4-5-16)20-10-11-22-17(14-20)15-27-30(22)19-8-6-18(26)7-9-19/h6-11,14-16,21,23H,4-5,12-13H2,1-3H3,(H,28,31)/t21-,23+/m1/s1. The van der Waals surface area contributed by atoms with Gasteiger partial charge in [0.25, 0.3) is 0 Å². The highest BCUT2D eigenvalue weighted by molar-refractivity contribution is 5.84. The molecule has 1 amide bonds. The molecule has 3 aromatic rings. The summed E-state index contributed by atoms with van der Waals surface area (Å²) >= 11 is 0. The fourth-order valence-electron chi connectivity index (χ4n) is 4.74. The molecule has 0 unspecified atom stereocenters. The van der Waals surface area contributed by atoms with Crippen LogP contribution < -0.4 is 10.2 Å². The maximum absolute atomic E-state index is 13.3. The SMILES string of the molecule is CC(C)(C)OC(=O)N[C@@H]1CCN(c2ccc3c(cnn3-c3ccc(F)cc3)c2)[C@H]1C1CC1. The fraction of sp³-hybridized carbons (Fsp3) is 0.440. The van der Waals surface area contributed by atoms with Crippen molar-refractivity contribution >= 4 is 22.7 Å². The third-order valence-electron chi connectivity index (χ3n) is 6.21. The molecule has 2 heterocycles. The maximum Gasteiger partial charge on any atom is 0.407 e. The van der Waals surface area contributed by atoms with Gasteiger partial charge in [-0.3, -0.25) is 0 Å². The van der Waals surface area contributed by atoms with Crippen molar-refractivity contribution < 1.29 is 13.9 Å². The summed E-state index contributed by atoms with van der Waals surface area (Å²) in [5.41, 5.74) is 2.44. The second-order valence-corrected chi connectivity index (χ2v) is 9.84. The zero-order chi connectivity index (χ0) is 22.5. The number of aromatic nitrogens is 2. The number of rotatable bonds is 4. The molecule has 5 rings (SSSR count). The monoisotopic (exact) mass is 436 g/mol. The van der Waals surface area contributed by atoms with Gasteiger partial charge in [-0.25, -0.2) is 13.9 Å². The smallest absolute Gasteiger partial charge is 0.407 e. The first-order valence-corrected chi connectivity index (χ1v) is 11.3. The third kappa shape index (κ3) is 4.16. The van der Waals surface area contributed by atoms with Crippen LogP contribution in [-0.4, -0.2) is 40.1 Å². The van der Waals surface area contributed by atoms with Crippen LogP contribution >= 0.6 is 0 Å². The summed E-state index contributed by atoms with van der Waals surface area (Å²) in [5, 5.41) is 8.68. The lowest BCUT2D eigenvalue weighted by Crippen LogP contribution is -2.47. The molecule has 32 heavy (non-hydrogen) atoms. The summed E-state index contributed by atoms with van der Waals surface area (Å²) < 4.78 is 20.6. The van der Waals surface area contributed by atoms with Gasteiger partial charge in [-0.15, -0.1) is 0 Å². The average Bonchev–Trinajstić information content (AvgIpc) is 3.34. The Kier molecular flexibility index (Phi) is 5.07. The Hall–Kier alpha value is -3.09. The number of nitrogens with zero attached hydrogens (tertiary/aromatic N) is 3. The van der Waals surface area contributed by atoms with Crippen LogP contribution in [-0.2, 0) is 4.74 Å². The first-order valence-electron chi connectivity index (χ1n) is 11.3. The first-order chi connectivity index (χ1) is 15.3.